The number of hydrogen-bond acceptors (Lipinski definition) is 18. The first kappa shape index (κ1) is 62.8. The lowest BCUT2D eigenvalue weighted by atomic mass is 10.2. The van der Waals surface area contributed by atoms with Crippen LogP contribution < -0.4 is 30.1 Å². The minimum absolute atomic E-state index is 0.0324. The number of amides is 3. The lowest BCUT2D eigenvalue weighted by Gasteiger charge is -2.09. The Balaban J connectivity index is 0.000000147. The Morgan fingerprint density at radius 2 is 0.764 bits per heavy atom. The normalized spacial score (nSPS) is 11.5. The number of halogens is 3. The summed E-state index contributed by atoms with van der Waals surface area (Å²) in [5, 5.41) is 12.7. The van der Waals surface area contributed by atoms with Gasteiger partial charge in [-0.25, -0.2) is 44.6 Å². The highest BCUT2D eigenvalue weighted by Crippen LogP contribution is 2.28. The van der Waals surface area contributed by atoms with Gasteiger partial charge >= 0.3 is 0 Å². The van der Waals surface area contributed by atoms with Gasteiger partial charge in [-0.3, -0.25) is 28.5 Å². The maximum absolute atomic E-state index is 14.0. The van der Waals surface area contributed by atoms with Gasteiger partial charge in [0.05, 0.1) is 41.3 Å². The van der Waals surface area contributed by atoms with Gasteiger partial charge in [0, 0.05) is 112 Å². The van der Waals surface area contributed by atoms with Crippen LogP contribution in [0.15, 0.2) is 198 Å². The number of sulfonamides is 3. The number of aryl methyl sites for hydroxylation is 2. The molecule has 3 amide bonds. The first-order valence-electron chi connectivity index (χ1n) is 26.1. The van der Waals surface area contributed by atoms with Gasteiger partial charge in [-0.05, 0) is 109 Å². The molecule has 0 spiro atoms. The molecule has 0 saturated heterocycles. The van der Waals surface area contributed by atoms with Crippen LogP contribution >= 0.6 is 57.8 Å². The second-order valence-corrected chi connectivity index (χ2v) is 27.0. The zero-order valence-electron chi connectivity index (χ0n) is 45.6. The minimum atomic E-state index is -3.79. The van der Waals surface area contributed by atoms with Gasteiger partial charge in [0.1, 0.15) is 31.3 Å². The van der Waals surface area contributed by atoms with Crippen LogP contribution in [0, 0.1) is 5.82 Å². The summed E-state index contributed by atoms with van der Waals surface area (Å²) in [7, 11) is -11.3. The van der Waals surface area contributed by atoms with E-state index >= 15 is 0 Å². The largest absolute Gasteiger partial charge is 0.346 e. The van der Waals surface area contributed by atoms with Gasteiger partial charge < -0.3 is 29.7 Å². The summed E-state index contributed by atoms with van der Waals surface area (Å²) in [5.41, 5.74) is 3.58. The summed E-state index contributed by atoms with van der Waals surface area (Å²) in [6.07, 6.45) is 9.61. The Bertz CT molecular complexity index is 4600. The number of nitrogens with zero attached hydrogens (tertiary/aromatic N) is 9. The van der Waals surface area contributed by atoms with Crippen molar-refractivity contribution >= 4 is 171 Å². The zero-order valence-corrected chi connectivity index (χ0v) is 52.0. The fourth-order valence-corrected chi connectivity index (χ4v) is 14.3. The smallest absolute Gasteiger partial charge is 0.263 e. The average molecular weight is 1360 g/mol. The average Bonchev–Trinajstić information content (AvgIpc) is 4.13. The van der Waals surface area contributed by atoms with Crippen molar-refractivity contribution < 1.29 is 44.0 Å². The molecule has 0 aliphatic carbocycles. The maximum Gasteiger partial charge on any atom is 0.263 e. The number of benzene rings is 6. The van der Waals surface area contributed by atoms with Crippen molar-refractivity contribution in [2.45, 2.75) is 47.2 Å². The van der Waals surface area contributed by atoms with Gasteiger partial charge in [-0.1, -0.05) is 59.6 Å². The summed E-state index contributed by atoms with van der Waals surface area (Å²) < 4.78 is 112. The summed E-state index contributed by atoms with van der Waals surface area (Å²) >= 11 is 15.3. The Kier molecular flexibility index (Phi) is 19.7. The van der Waals surface area contributed by atoms with Gasteiger partial charge in [-0.15, -0.1) is 0 Å². The monoisotopic (exact) mass is 1350 g/mol. The Labute approximate surface area is 529 Å². The van der Waals surface area contributed by atoms with Crippen molar-refractivity contribution in [2.75, 3.05) is 30.1 Å². The van der Waals surface area contributed by atoms with Crippen LogP contribution in [0.1, 0.15) is 12.8 Å². The molecule has 6 heterocycles. The van der Waals surface area contributed by atoms with Crippen molar-refractivity contribution in [1.29, 1.82) is 0 Å². The Morgan fingerprint density at radius 3 is 1.15 bits per heavy atom. The van der Waals surface area contributed by atoms with E-state index in [2.05, 4.69) is 58.2 Å². The predicted molar refractivity (Wildman–Crippen MR) is 342 cm³/mol. The molecule has 12 aromatic rings. The molecule has 24 nitrogen and oxygen atoms in total. The molecular weight excluding hydrogens is 1310 g/mol. The fourth-order valence-electron chi connectivity index (χ4n) is 8.72. The second-order valence-electron chi connectivity index (χ2n) is 18.8. The van der Waals surface area contributed by atoms with Crippen molar-refractivity contribution in [2.24, 2.45) is 0 Å². The quantitative estimate of drug-likeness (QED) is 0.0413. The van der Waals surface area contributed by atoms with Crippen molar-refractivity contribution in [3.8, 4) is 0 Å². The molecule has 0 radical (unpaired) electrons. The Morgan fingerprint density at radius 1 is 0.427 bits per heavy atom. The number of nitrogens with one attached hydrogen (secondary N) is 6. The molecule has 6 aromatic heterocycles. The third kappa shape index (κ3) is 16.1. The molecule has 0 bridgehead atoms. The van der Waals surface area contributed by atoms with Crippen LogP contribution in [-0.4, -0.2) is 84.7 Å². The van der Waals surface area contributed by atoms with Crippen LogP contribution in [0.5, 0.6) is 0 Å². The fraction of sp³-hybridized carbons (Fsp3) is 0.0893. The number of hydrogen-bond donors (Lipinski definition) is 6. The highest BCUT2D eigenvalue weighted by atomic mass is 35.5. The Hall–Kier alpha value is -9.21. The molecule has 6 N–H and O–H groups in total. The zero-order chi connectivity index (χ0) is 62.7. The van der Waals surface area contributed by atoms with E-state index in [1.54, 1.807) is 39.7 Å². The van der Waals surface area contributed by atoms with E-state index in [0.29, 0.717) is 45.7 Å². The number of aromatic nitrogens is 9. The van der Waals surface area contributed by atoms with Crippen molar-refractivity contribution in [3.05, 3.63) is 199 Å². The molecule has 12 rings (SSSR count). The minimum Gasteiger partial charge on any atom is -0.346 e. The summed E-state index contributed by atoms with van der Waals surface area (Å²) in [6.45, 7) is 0.859. The summed E-state index contributed by atoms with van der Waals surface area (Å²) in [5.74, 6) is -1.05. The predicted octanol–water partition coefficient (Wildman–Crippen LogP) is 11.0. The number of fused-ring (bicyclic) bond motifs is 3. The lowest BCUT2D eigenvalue weighted by Crippen LogP contribution is -2.18. The number of rotatable bonds is 20. The van der Waals surface area contributed by atoms with E-state index in [-0.39, 0.29) is 73.0 Å². The van der Waals surface area contributed by atoms with Crippen molar-refractivity contribution in [1.82, 2.24) is 41.8 Å². The number of carbonyl (C=O) groups is 3. The van der Waals surface area contributed by atoms with Crippen LogP contribution in [0.25, 0.3) is 32.7 Å². The highest BCUT2D eigenvalue weighted by molar-refractivity contribution is 7.93. The first-order chi connectivity index (χ1) is 42.8. The van der Waals surface area contributed by atoms with Crippen LogP contribution in [-0.2, 0) is 64.1 Å². The third-order valence-electron chi connectivity index (χ3n) is 12.8. The number of anilines is 6. The number of carbonyl (C=O) groups excluding carboxylic acids is 3. The molecule has 33 heteroatoms. The topological polar surface area (TPSA) is 318 Å². The summed E-state index contributed by atoms with van der Waals surface area (Å²) in [4.78, 5) is 48.5. The number of para-hydroxylation sites is 3. The molecule has 0 unspecified atom stereocenters. The summed E-state index contributed by atoms with van der Waals surface area (Å²) in [6, 6.07) is 39.2. The van der Waals surface area contributed by atoms with Gasteiger partial charge in [0.25, 0.3) is 30.1 Å². The van der Waals surface area contributed by atoms with Crippen molar-refractivity contribution in [3.63, 3.8) is 0 Å². The van der Waals surface area contributed by atoms with E-state index in [1.807, 2.05) is 59.3 Å². The van der Waals surface area contributed by atoms with E-state index in [4.69, 9.17) is 23.2 Å². The molecule has 0 aliphatic heterocycles. The highest BCUT2D eigenvalue weighted by Gasteiger charge is 2.20. The van der Waals surface area contributed by atoms with Gasteiger partial charge in [0.15, 0.2) is 0 Å². The lowest BCUT2D eigenvalue weighted by molar-refractivity contribution is -0.117. The van der Waals surface area contributed by atoms with Crippen LogP contribution in [0.4, 0.5) is 36.8 Å². The molecule has 0 aliphatic rings. The molecule has 89 heavy (non-hydrogen) atoms. The van der Waals surface area contributed by atoms with Crippen LogP contribution in [0.3, 0.4) is 0 Å². The van der Waals surface area contributed by atoms with E-state index in [1.165, 1.54) is 97.8 Å². The van der Waals surface area contributed by atoms with Gasteiger partial charge in [0.2, 0.25) is 33.1 Å². The molecule has 456 valence electrons. The molecule has 0 saturated carbocycles. The van der Waals surface area contributed by atoms with Gasteiger partial charge in [-0.2, -0.15) is 13.1 Å². The second kappa shape index (κ2) is 27.9. The van der Waals surface area contributed by atoms with Crippen LogP contribution in [0.2, 0.25) is 10.0 Å². The van der Waals surface area contributed by atoms with E-state index in [0.717, 1.165) is 61.8 Å². The SMILES string of the molecule is O=C(CCn1ccc2cccc(Cl)c21)Nc1ccc(S(=O)(=O)Nc2ncns2)cc1.O=C(CCn1ccc2cccc(F)c21)Nc1ccc(S(=O)(=O)Nc2ncns2)cc1.O=C(Cn1ccc2cccc(Cl)c21)Nc1ccc(S(=O)(=O)Nc2ncns2)cc1. The van der Waals surface area contributed by atoms with E-state index < -0.39 is 30.1 Å². The maximum atomic E-state index is 14.0. The molecule has 0 atom stereocenters. The standard InChI is InChI=1S/C19H16ClN5O3S2.C19H16FN5O3S2.C18H14ClN5O3S2/c2*20-16-3-1-2-13-8-10-25(18(13)16)11-9-17(26)23-14-4-6-15(7-5-14)30(27,28)24-19-21-12-22-29-19;19-15-3-1-2-12-8-9-24(17(12)15)10-16(25)22-13-4-6-14(7-5-13)29(26,27)23-18-20-11-21-28-18/h2*1-8,10,12H,9,11H2,(H,23,26)(H,21,22,24);1-9,11H,10H2,(H,22,25)(H,20,21,23). The molecule has 0 fully saturated rings. The van der Waals surface area contributed by atoms with E-state index in [9.17, 15) is 44.0 Å². The molecular formula is C56H46Cl2FN15O9S6. The molecule has 6 aromatic carbocycles. The third-order valence-corrected chi connectivity index (χ3v) is 19.6. The first-order valence-corrected chi connectivity index (χ1v) is 33.6.